The highest BCUT2D eigenvalue weighted by atomic mass is 14.8. The minimum absolute atomic E-state index is 0.532. The second-order valence-corrected chi connectivity index (χ2v) is 2.35. The Labute approximate surface area is 63.2 Å². The second kappa shape index (κ2) is 8.88. The van der Waals surface area contributed by atoms with Gasteiger partial charge in [-0.1, -0.05) is 0 Å². The molecule has 0 fully saturated rings. The summed E-state index contributed by atoms with van der Waals surface area (Å²) in [6.07, 6.45) is 3.23. The molecule has 4 N–H and O–H groups in total. The molecular formula is C7H18N3. The van der Waals surface area contributed by atoms with E-state index in [4.69, 9.17) is 11.5 Å². The van der Waals surface area contributed by atoms with Crippen LogP contribution in [-0.2, 0) is 0 Å². The van der Waals surface area contributed by atoms with E-state index in [2.05, 4.69) is 5.32 Å². The lowest BCUT2D eigenvalue weighted by molar-refractivity contribution is 0.609. The van der Waals surface area contributed by atoms with Crippen molar-refractivity contribution in [1.82, 2.24) is 11.1 Å². The minimum Gasteiger partial charge on any atom is -0.330 e. The van der Waals surface area contributed by atoms with E-state index in [1.807, 2.05) is 0 Å². The number of hydrogen-bond acceptors (Lipinski definition) is 2. The molecule has 0 amide bonds. The highest BCUT2D eigenvalue weighted by Gasteiger charge is 1.85. The molecule has 1 radical (unpaired) electrons. The van der Waals surface area contributed by atoms with Crippen LogP contribution in [0.2, 0.25) is 0 Å². The number of nitrogens with one attached hydrogen (secondary N) is 2. The van der Waals surface area contributed by atoms with E-state index in [-0.39, 0.29) is 0 Å². The summed E-state index contributed by atoms with van der Waals surface area (Å²) >= 11 is 0. The van der Waals surface area contributed by atoms with Crippen molar-refractivity contribution in [3.05, 3.63) is 0 Å². The SMILES string of the molecule is [NH]CCCNCCCCN. The van der Waals surface area contributed by atoms with Crippen molar-refractivity contribution in [1.29, 1.82) is 0 Å². The van der Waals surface area contributed by atoms with Gasteiger partial charge in [-0.3, -0.25) is 5.73 Å². The standard InChI is InChI=1S/C7H18N3/c8-4-1-2-6-10-7-3-5-9/h9-10H,1-8H2. The zero-order valence-corrected chi connectivity index (χ0v) is 6.53. The molecule has 0 atom stereocenters. The Morgan fingerprint density at radius 3 is 2.40 bits per heavy atom. The average Bonchev–Trinajstić information content (AvgIpc) is 1.97. The van der Waals surface area contributed by atoms with Gasteiger partial charge < -0.3 is 11.1 Å². The molecule has 0 unspecified atom stereocenters. The molecule has 0 aliphatic rings. The van der Waals surface area contributed by atoms with Crippen molar-refractivity contribution in [3.8, 4) is 0 Å². The molecule has 0 saturated heterocycles. The number of hydrogen-bond donors (Lipinski definition) is 2. The molecule has 10 heavy (non-hydrogen) atoms. The molecule has 0 aliphatic heterocycles. The third-order valence-corrected chi connectivity index (χ3v) is 1.34. The quantitative estimate of drug-likeness (QED) is 0.494. The summed E-state index contributed by atoms with van der Waals surface area (Å²) in [6, 6.07) is 0. The van der Waals surface area contributed by atoms with E-state index >= 15 is 0 Å². The van der Waals surface area contributed by atoms with Crippen molar-refractivity contribution < 1.29 is 0 Å². The molecule has 0 aliphatic carbocycles. The smallest absolute Gasteiger partial charge is 0.0112 e. The largest absolute Gasteiger partial charge is 0.330 e. The lowest BCUT2D eigenvalue weighted by Crippen LogP contribution is -2.18. The Morgan fingerprint density at radius 2 is 1.80 bits per heavy atom. The van der Waals surface area contributed by atoms with Crippen LogP contribution >= 0.6 is 0 Å². The fourth-order valence-corrected chi connectivity index (χ4v) is 0.733. The molecule has 3 heteroatoms. The molecule has 0 bridgehead atoms. The molecule has 3 nitrogen and oxygen atoms in total. The Balaban J connectivity index is 2.65. The topological polar surface area (TPSA) is 61.8 Å². The van der Waals surface area contributed by atoms with Gasteiger partial charge in [0.25, 0.3) is 0 Å². The van der Waals surface area contributed by atoms with Crippen LogP contribution in [0.4, 0.5) is 0 Å². The van der Waals surface area contributed by atoms with Crippen LogP contribution in [0, 0.1) is 0 Å². The second-order valence-electron chi connectivity index (χ2n) is 2.35. The fraction of sp³-hybridized carbons (Fsp3) is 1.00. The zero-order chi connectivity index (χ0) is 7.66. The third kappa shape index (κ3) is 7.88. The average molecular weight is 144 g/mol. The summed E-state index contributed by atoms with van der Waals surface area (Å²) in [5.74, 6) is 0. The van der Waals surface area contributed by atoms with E-state index in [0.717, 1.165) is 38.9 Å². The number of unbranched alkanes of at least 4 members (excludes halogenated alkanes) is 1. The lowest BCUT2D eigenvalue weighted by atomic mass is 10.3. The molecule has 0 spiro atoms. The van der Waals surface area contributed by atoms with E-state index in [0.29, 0.717) is 6.54 Å². The van der Waals surface area contributed by atoms with Gasteiger partial charge in [0.15, 0.2) is 0 Å². The first-order valence-electron chi connectivity index (χ1n) is 3.97. The maximum Gasteiger partial charge on any atom is 0.0112 e. The number of rotatable bonds is 7. The maximum atomic E-state index is 6.86. The molecule has 0 saturated carbocycles. The predicted molar refractivity (Wildman–Crippen MR) is 43.7 cm³/mol. The first-order valence-corrected chi connectivity index (χ1v) is 3.97. The molecular weight excluding hydrogens is 126 g/mol. The summed E-state index contributed by atoms with van der Waals surface area (Å²) < 4.78 is 0. The molecule has 61 valence electrons. The Bertz CT molecular complexity index is 48.8. The van der Waals surface area contributed by atoms with Gasteiger partial charge >= 0.3 is 0 Å². The lowest BCUT2D eigenvalue weighted by Gasteiger charge is -2.01. The van der Waals surface area contributed by atoms with Gasteiger partial charge in [-0.15, -0.1) is 0 Å². The molecule has 0 rings (SSSR count). The summed E-state index contributed by atoms with van der Waals surface area (Å²) in [6.45, 7) is 3.36. The van der Waals surface area contributed by atoms with Crippen LogP contribution in [0.15, 0.2) is 0 Å². The van der Waals surface area contributed by atoms with Crippen LogP contribution in [0.1, 0.15) is 19.3 Å². The zero-order valence-electron chi connectivity index (χ0n) is 6.53. The van der Waals surface area contributed by atoms with Gasteiger partial charge in [0.1, 0.15) is 0 Å². The fourth-order valence-electron chi connectivity index (χ4n) is 0.733. The monoisotopic (exact) mass is 144 g/mol. The first-order chi connectivity index (χ1) is 4.91. The normalized spacial score (nSPS) is 10.2. The highest BCUT2D eigenvalue weighted by molar-refractivity contribution is 4.48. The summed E-state index contributed by atoms with van der Waals surface area (Å²) in [5, 5.41) is 3.25. The van der Waals surface area contributed by atoms with Gasteiger partial charge in [0, 0.05) is 6.54 Å². The van der Waals surface area contributed by atoms with Gasteiger partial charge in [0.05, 0.1) is 0 Å². The Kier molecular flexibility index (Phi) is 8.77. The van der Waals surface area contributed by atoms with Crippen molar-refractivity contribution >= 4 is 0 Å². The summed E-state index contributed by atoms with van der Waals surface area (Å²) in [7, 11) is 0. The Morgan fingerprint density at radius 1 is 1.10 bits per heavy atom. The van der Waals surface area contributed by atoms with Gasteiger partial charge in [-0.2, -0.15) is 0 Å². The molecule has 0 heterocycles. The highest BCUT2D eigenvalue weighted by Crippen LogP contribution is 1.82. The van der Waals surface area contributed by atoms with Gasteiger partial charge in [0.2, 0.25) is 0 Å². The van der Waals surface area contributed by atoms with Crippen LogP contribution in [0.5, 0.6) is 0 Å². The molecule has 0 aromatic rings. The number of nitrogens with two attached hydrogens (primary N) is 1. The molecule has 0 aromatic heterocycles. The van der Waals surface area contributed by atoms with E-state index in [1.54, 1.807) is 0 Å². The van der Waals surface area contributed by atoms with E-state index in [9.17, 15) is 0 Å². The Hall–Kier alpha value is -0.120. The van der Waals surface area contributed by atoms with E-state index < -0.39 is 0 Å². The van der Waals surface area contributed by atoms with Gasteiger partial charge in [-0.05, 0) is 38.9 Å². The summed E-state index contributed by atoms with van der Waals surface area (Å²) in [5.41, 5.74) is 12.2. The van der Waals surface area contributed by atoms with Crippen LogP contribution in [-0.4, -0.2) is 26.2 Å². The summed E-state index contributed by atoms with van der Waals surface area (Å²) in [4.78, 5) is 0. The van der Waals surface area contributed by atoms with Crippen molar-refractivity contribution in [2.24, 2.45) is 5.73 Å². The predicted octanol–water partition coefficient (Wildman–Crippen LogP) is -0.0121. The van der Waals surface area contributed by atoms with Gasteiger partial charge in [-0.25, -0.2) is 0 Å². The van der Waals surface area contributed by atoms with Crippen LogP contribution in [0.25, 0.3) is 0 Å². The van der Waals surface area contributed by atoms with Crippen LogP contribution in [0.3, 0.4) is 0 Å². The van der Waals surface area contributed by atoms with E-state index in [1.165, 1.54) is 0 Å². The molecule has 0 aromatic carbocycles. The van der Waals surface area contributed by atoms with Crippen molar-refractivity contribution in [3.63, 3.8) is 0 Å². The van der Waals surface area contributed by atoms with Crippen molar-refractivity contribution in [2.45, 2.75) is 19.3 Å². The minimum atomic E-state index is 0.532. The third-order valence-electron chi connectivity index (χ3n) is 1.34. The maximum absolute atomic E-state index is 6.86. The van der Waals surface area contributed by atoms with Crippen molar-refractivity contribution in [2.75, 3.05) is 26.2 Å². The van der Waals surface area contributed by atoms with Crippen LogP contribution < -0.4 is 16.8 Å². The first kappa shape index (κ1) is 9.88.